The van der Waals surface area contributed by atoms with Gasteiger partial charge in [0.25, 0.3) is 0 Å². The van der Waals surface area contributed by atoms with E-state index in [0.717, 1.165) is 23.9 Å². The van der Waals surface area contributed by atoms with Gasteiger partial charge in [-0.2, -0.15) is 0 Å². The summed E-state index contributed by atoms with van der Waals surface area (Å²) >= 11 is 0. The molecule has 17 heavy (non-hydrogen) atoms. The van der Waals surface area contributed by atoms with Crippen LogP contribution in [-0.4, -0.2) is 36.6 Å². The van der Waals surface area contributed by atoms with Crippen LogP contribution in [0.3, 0.4) is 0 Å². The van der Waals surface area contributed by atoms with Crippen molar-refractivity contribution in [2.24, 2.45) is 11.8 Å². The molecular weight excluding hydrogens is 208 g/mol. The highest BCUT2D eigenvalue weighted by Gasteiger charge is 2.28. The summed E-state index contributed by atoms with van der Waals surface area (Å²) in [5, 5.41) is 3.96. The average Bonchev–Trinajstić information content (AvgIpc) is 2.35. The quantitative estimate of drug-likeness (QED) is 0.813. The molecule has 0 aromatic rings. The van der Waals surface area contributed by atoms with Gasteiger partial charge in [0.05, 0.1) is 0 Å². The van der Waals surface area contributed by atoms with Gasteiger partial charge >= 0.3 is 0 Å². The van der Waals surface area contributed by atoms with Gasteiger partial charge < -0.3 is 10.2 Å². The van der Waals surface area contributed by atoms with E-state index in [9.17, 15) is 0 Å². The third-order valence-corrected chi connectivity index (χ3v) is 4.94. The van der Waals surface area contributed by atoms with Gasteiger partial charge in [-0.3, -0.25) is 0 Å². The predicted molar refractivity (Wildman–Crippen MR) is 74.2 cm³/mol. The molecule has 1 aliphatic carbocycles. The number of nitrogens with one attached hydrogen (secondary N) is 1. The van der Waals surface area contributed by atoms with Gasteiger partial charge in [-0.05, 0) is 57.2 Å². The molecule has 0 radical (unpaired) electrons. The zero-order valence-electron chi connectivity index (χ0n) is 11.9. The second-order valence-electron chi connectivity index (χ2n) is 6.38. The van der Waals surface area contributed by atoms with E-state index >= 15 is 0 Å². The Kier molecular flexibility index (Phi) is 4.87. The van der Waals surface area contributed by atoms with Gasteiger partial charge in [0.1, 0.15) is 0 Å². The summed E-state index contributed by atoms with van der Waals surface area (Å²) in [5.74, 6) is 1.81. The summed E-state index contributed by atoms with van der Waals surface area (Å²) in [7, 11) is 0. The maximum Gasteiger partial charge on any atom is 0.00978 e. The first-order valence-electron chi connectivity index (χ1n) is 7.67. The molecule has 3 atom stereocenters. The second-order valence-corrected chi connectivity index (χ2v) is 6.38. The van der Waals surface area contributed by atoms with Gasteiger partial charge in [-0.15, -0.1) is 0 Å². The molecular formula is C15H30N2. The van der Waals surface area contributed by atoms with Crippen molar-refractivity contribution in [2.45, 2.75) is 65.0 Å². The SMILES string of the molecule is CCN1CCC(NC2CC(C)CCC2C)CC1. The fourth-order valence-corrected chi connectivity index (χ4v) is 3.48. The molecule has 1 aliphatic heterocycles. The van der Waals surface area contributed by atoms with E-state index < -0.39 is 0 Å². The van der Waals surface area contributed by atoms with Crippen LogP contribution in [0.5, 0.6) is 0 Å². The molecule has 2 heteroatoms. The minimum absolute atomic E-state index is 0.788. The van der Waals surface area contributed by atoms with Gasteiger partial charge in [0.2, 0.25) is 0 Å². The summed E-state index contributed by atoms with van der Waals surface area (Å²) in [4.78, 5) is 2.57. The van der Waals surface area contributed by atoms with Crippen molar-refractivity contribution in [2.75, 3.05) is 19.6 Å². The maximum atomic E-state index is 3.96. The van der Waals surface area contributed by atoms with Crippen molar-refractivity contribution in [3.63, 3.8) is 0 Å². The van der Waals surface area contributed by atoms with E-state index in [-0.39, 0.29) is 0 Å². The van der Waals surface area contributed by atoms with Crippen LogP contribution in [-0.2, 0) is 0 Å². The van der Waals surface area contributed by atoms with Crippen molar-refractivity contribution in [1.29, 1.82) is 0 Å². The highest BCUT2D eigenvalue weighted by Crippen LogP contribution is 2.29. The molecule has 0 spiro atoms. The van der Waals surface area contributed by atoms with Crippen molar-refractivity contribution in [3.8, 4) is 0 Å². The summed E-state index contributed by atoms with van der Waals surface area (Å²) in [6.45, 7) is 10.9. The first-order valence-corrected chi connectivity index (χ1v) is 7.67. The molecule has 1 saturated heterocycles. The molecule has 100 valence electrons. The Labute approximate surface area is 107 Å². The molecule has 1 N–H and O–H groups in total. The number of hydrogen-bond donors (Lipinski definition) is 1. The first-order chi connectivity index (χ1) is 8.19. The molecule has 0 amide bonds. The topological polar surface area (TPSA) is 15.3 Å². The molecule has 2 rings (SSSR count). The Hall–Kier alpha value is -0.0800. The molecule has 0 aromatic heterocycles. The monoisotopic (exact) mass is 238 g/mol. The molecule has 0 aromatic carbocycles. The van der Waals surface area contributed by atoms with Crippen LogP contribution in [0.1, 0.15) is 52.9 Å². The second kappa shape index (κ2) is 6.19. The van der Waals surface area contributed by atoms with Crippen LogP contribution in [0.4, 0.5) is 0 Å². The van der Waals surface area contributed by atoms with E-state index in [0.29, 0.717) is 0 Å². The average molecular weight is 238 g/mol. The Bertz CT molecular complexity index is 221. The summed E-state index contributed by atoms with van der Waals surface area (Å²) < 4.78 is 0. The van der Waals surface area contributed by atoms with Crippen LogP contribution < -0.4 is 5.32 Å². The molecule has 3 unspecified atom stereocenters. The molecule has 2 nitrogen and oxygen atoms in total. The van der Waals surface area contributed by atoms with Gasteiger partial charge in [0.15, 0.2) is 0 Å². The Morgan fingerprint density at radius 2 is 1.76 bits per heavy atom. The van der Waals surface area contributed by atoms with Gasteiger partial charge in [-0.25, -0.2) is 0 Å². The smallest absolute Gasteiger partial charge is 0.00978 e. The zero-order valence-corrected chi connectivity index (χ0v) is 11.9. The van der Waals surface area contributed by atoms with Crippen molar-refractivity contribution >= 4 is 0 Å². The number of rotatable bonds is 3. The van der Waals surface area contributed by atoms with Crippen molar-refractivity contribution in [3.05, 3.63) is 0 Å². The van der Waals surface area contributed by atoms with Crippen LogP contribution in [0.2, 0.25) is 0 Å². The van der Waals surface area contributed by atoms with E-state index in [2.05, 4.69) is 31.0 Å². The Morgan fingerprint density at radius 1 is 1.06 bits per heavy atom. The normalized spacial score (nSPS) is 37.2. The summed E-state index contributed by atoms with van der Waals surface area (Å²) in [6.07, 6.45) is 6.96. The molecule has 1 saturated carbocycles. The summed E-state index contributed by atoms with van der Waals surface area (Å²) in [5.41, 5.74) is 0. The predicted octanol–water partition coefficient (Wildman–Crippen LogP) is 2.89. The van der Waals surface area contributed by atoms with Crippen molar-refractivity contribution in [1.82, 2.24) is 10.2 Å². The minimum Gasteiger partial charge on any atom is -0.311 e. The lowest BCUT2D eigenvalue weighted by Crippen LogP contribution is -2.49. The fraction of sp³-hybridized carbons (Fsp3) is 1.00. The molecule has 1 heterocycles. The molecule has 2 fully saturated rings. The number of likely N-dealkylation sites (tertiary alicyclic amines) is 1. The highest BCUT2D eigenvalue weighted by atomic mass is 15.1. The largest absolute Gasteiger partial charge is 0.311 e. The van der Waals surface area contributed by atoms with Crippen LogP contribution in [0, 0.1) is 11.8 Å². The maximum absolute atomic E-state index is 3.96. The van der Waals surface area contributed by atoms with Crippen LogP contribution in [0.15, 0.2) is 0 Å². The van der Waals surface area contributed by atoms with E-state index in [1.807, 2.05) is 0 Å². The molecule has 2 aliphatic rings. The lowest BCUT2D eigenvalue weighted by atomic mass is 9.79. The standard InChI is InChI=1S/C15H30N2/c1-4-17-9-7-14(8-10-17)16-15-11-12(2)5-6-13(15)3/h12-16H,4-11H2,1-3H3. The van der Waals surface area contributed by atoms with Gasteiger partial charge in [-0.1, -0.05) is 27.2 Å². The Morgan fingerprint density at radius 3 is 2.41 bits per heavy atom. The van der Waals surface area contributed by atoms with Crippen molar-refractivity contribution < 1.29 is 0 Å². The lowest BCUT2D eigenvalue weighted by Gasteiger charge is -2.39. The lowest BCUT2D eigenvalue weighted by molar-refractivity contribution is 0.162. The van der Waals surface area contributed by atoms with E-state index in [1.54, 1.807) is 0 Å². The number of nitrogens with zero attached hydrogens (tertiary/aromatic N) is 1. The van der Waals surface area contributed by atoms with Crippen LogP contribution >= 0.6 is 0 Å². The number of hydrogen-bond acceptors (Lipinski definition) is 2. The summed E-state index contributed by atoms with van der Waals surface area (Å²) in [6, 6.07) is 1.58. The minimum atomic E-state index is 0.788. The first kappa shape index (κ1) is 13.4. The highest BCUT2D eigenvalue weighted by molar-refractivity contribution is 4.86. The number of piperidine rings is 1. The molecule has 0 bridgehead atoms. The fourth-order valence-electron chi connectivity index (χ4n) is 3.48. The third kappa shape index (κ3) is 3.69. The van der Waals surface area contributed by atoms with E-state index in [1.165, 1.54) is 51.7 Å². The Balaban J connectivity index is 1.76. The zero-order chi connectivity index (χ0) is 12.3. The van der Waals surface area contributed by atoms with Gasteiger partial charge in [0, 0.05) is 12.1 Å². The van der Waals surface area contributed by atoms with Crippen LogP contribution in [0.25, 0.3) is 0 Å². The van der Waals surface area contributed by atoms with E-state index in [4.69, 9.17) is 0 Å². The third-order valence-electron chi connectivity index (χ3n) is 4.94.